The number of hydrogen-bond donors (Lipinski definition) is 1. The highest BCUT2D eigenvalue weighted by molar-refractivity contribution is 14.1. The molecule has 0 aliphatic heterocycles. The van der Waals surface area contributed by atoms with E-state index in [-0.39, 0.29) is 5.82 Å². The molecule has 0 fully saturated rings. The van der Waals surface area contributed by atoms with Gasteiger partial charge in [-0.15, -0.1) is 0 Å². The van der Waals surface area contributed by atoms with Gasteiger partial charge in [0, 0.05) is 11.8 Å². The lowest BCUT2D eigenvalue weighted by Crippen LogP contribution is -1.93. The van der Waals surface area contributed by atoms with Gasteiger partial charge in [0.1, 0.15) is 11.6 Å². The Kier molecular flexibility index (Phi) is 2.86. The number of nitrogens with zero attached hydrogens (tertiary/aromatic N) is 1. The second kappa shape index (κ2) is 4.14. The third kappa shape index (κ3) is 2.26. The Bertz CT molecular complexity index is 482. The van der Waals surface area contributed by atoms with Gasteiger partial charge in [0.15, 0.2) is 0 Å². The van der Waals surface area contributed by atoms with Crippen molar-refractivity contribution in [2.24, 2.45) is 0 Å². The Morgan fingerprint density at radius 2 is 1.80 bits per heavy atom. The number of rotatable bonds is 1. The summed E-state index contributed by atoms with van der Waals surface area (Å²) >= 11 is 2.12. The number of pyridine rings is 1. The summed E-state index contributed by atoms with van der Waals surface area (Å²) in [6.07, 6.45) is 1.69. The van der Waals surface area contributed by atoms with Crippen LogP contribution in [0.2, 0.25) is 0 Å². The van der Waals surface area contributed by atoms with Crippen LogP contribution < -0.4 is 5.73 Å². The molecule has 2 aromatic rings. The predicted octanol–water partition coefficient (Wildman–Crippen LogP) is 3.07. The van der Waals surface area contributed by atoms with Gasteiger partial charge in [0.05, 0.1) is 3.57 Å². The van der Waals surface area contributed by atoms with Crippen LogP contribution in [0.15, 0.2) is 36.5 Å². The summed E-state index contributed by atoms with van der Waals surface area (Å²) in [6.45, 7) is 0. The van der Waals surface area contributed by atoms with Gasteiger partial charge >= 0.3 is 0 Å². The second-order valence-corrected chi connectivity index (χ2v) is 4.26. The standard InChI is InChI=1S/C11H8FIN2/c12-9-3-1-7(2-4-9)8-5-10(13)11(14)15-6-8/h1-6H,(H2,14,15). The molecule has 0 saturated heterocycles. The smallest absolute Gasteiger partial charge is 0.136 e. The van der Waals surface area contributed by atoms with Crippen molar-refractivity contribution in [3.63, 3.8) is 0 Å². The number of nitrogen functional groups attached to an aromatic ring is 1. The van der Waals surface area contributed by atoms with E-state index in [1.54, 1.807) is 18.3 Å². The number of hydrogen-bond acceptors (Lipinski definition) is 2. The van der Waals surface area contributed by atoms with Gasteiger partial charge in [-0.05, 0) is 46.4 Å². The van der Waals surface area contributed by atoms with Gasteiger partial charge < -0.3 is 5.73 Å². The van der Waals surface area contributed by atoms with Gasteiger partial charge in [0.25, 0.3) is 0 Å². The van der Waals surface area contributed by atoms with Crippen molar-refractivity contribution < 1.29 is 4.39 Å². The highest BCUT2D eigenvalue weighted by atomic mass is 127. The van der Waals surface area contributed by atoms with E-state index < -0.39 is 0 Å². The molecule has 0 atom stereocenters. The summed E-state index contributed by atoms with van der Waals surface area (Å²) in [4.78, 5) is 4.05. The molecule has 76 valence electrons. The highest BCUT2D eigenvalue weighted by Gasteiger charge is 2.02. The molecule has 0 spiro atoms. The molecule has 0 aliphatic carbocycles. The molecule has 2 nitrogen and oxygen atoms in total. The summed E-state index contributed by atoms with van der Waals surface area (Å²) in [5.74, 6) is 0.276. The first kappa shape index (κ1) is 10.4. The zero-order valence-corrected chi connectivity index (χ0v) is 9.90. The molecule has 0 amide bonds. The summed E-state index contributed by atoms with van der Waals surface area (Å²) in [5.41, 5.74) is 7.48. The maximum absolute atomic E-state index is 12.7. The largest absolute Gasteiger partial charge is 0.383 e. The zero-order chi connectivity index (χ0) is 10.8. The van der Waals surface area contributed by atoms with Crippen LogP contribution in [0.5, 0.6) is 0 Å². The summed E-state index contributed by atoms with van der Waals surface area (Å²) in [7, 11) is 0. The Labute approximate surface area is 100 Å². The number of benzene rings is 1. The van der Waals surface area contributed by atoms with Gasteiger partial charge in [-0.1, -0.05) is 12.1 Å². The van der Waals surface area contributed by atoms with Crippen molar-refractivity contribution in [1.29, 1.82) is 0 Å². The number of anilines is 1. The van der Waals surface area contributed by atoms with Crippen LogP contribution in [-0.2, 0) is 0 Å². The lowest BCUT2D eigenvalue weighted by molar-refractivity contribution is 0.628. The second-order valence-electron chi connectivity index (χ2n) is 3.10. The molecule has 0 aliphatic rings. The van der Waals surface area contributed by atoms with Crippen LogP contribution in [0.4, 0.5) is 10.2 Å². The van der Waals surface area contributed by atoms with E-state index in [4.69, 9.17) is 5.73 Å². The van der Waals surface area contributed by atoms with Crippen molar-refractivity contribution >= 4 is 28.4 Å². The quantitative estimate of drug-likeness (QED) is 0.822. The zero-order valence-electron chi connectivity index (χ0n) is 7.74. The first-order valence-corrected chi connectivity index (χ1v) is 5.41. The van der Waals surface area contributed by atoms with Crippen molar-refractivity contribution in [1.82, 2.24) is 4.98 Å². The summed E-state index contributed by atoms with van der Waals surface area (Å²) in [6, 6.07) is 8.23. The Balaban J connectivity index is 2.45. The van der Waals surface area contributed by atoms with Crippen LogP contribution in [0.25, 0.3) is 11.1 Å². The van der Waals surface area contributed by atoms with Gasteiger partial charge in [-0.3, -0.25) is 0 Å². The molecule has 15 heavy (non-hydrogen) atoms. The molecule has 0 radical (unpaired) electrons. The molecule has 0 unspecified atom stereocenters. The Hall–Kier alpha value is -1.17. The molecule has 0 bridgehead atoms. The average molecular weight is 314 g/mol. The lowest BCUT2D eigenvalue weighted by Gasteiger charge is -2.03. The van der Waals surface area contributed by atoms with E-state index in [0.29, 0.717) is 5.82 Å². The average Bonchev–Trinajstić information content (AvgIpc) is 2.23. The van der Waals surface area contributed by atoms with Crippen molar-refractivity contribution in [3.8, 4) is 11.1 Å². The molecule has 4 heteroatoms. The molecule has 2 rings (SSSR count). The number of aromatic nitrogens is 1. The van der Waals surface area contributed by atoms with Gasteiger partial charge in [0.2, 0.25) is 0 Å². The third-order valence-corrected chi connectivity index (χ3v) is 2.91. The lowest BCUT2D eigenvalue weighted by atomic mass is 10.1. The minimum atomic E-state index is -0.239. The molecule has 2 N–H and O–H groups in total. The van der Waals surface area contributed by atoms with E-state index in [2.05, 4.69) is 27.6 Å². The first-order valence-electron chi connectivity index (χ1n) is 4.34. The van der Waals surface area contributed by atoms with E-state index in [0.717, 1.165) is 14.7 Å². The molecular weight excluding hydrogens is 306 g/mol. The van der Waals surface area contributed by atoms with Crippen LogP contribution in [0.1, 0.15) is 0 Å². The number of halogens is 2. The fourth-order valence-corrected chi connectivity index (χ4v) is 1.72. The third-order valence-electron chi connectivity index (χ3n) is 2.05. The maximum Gasteiger partial charge on any atom is 0.136 e. The highest BCUT2D eigenvalue weighted by Crippen LogP contribution is 2.22. The molecular formula is C11H8FIN2. The topological polar surface area (TPSA) is 38.9 Å². The van der Waals surface area contributed by atoms with Crippen LogP contribution in [-0.4, -0.2) is 4.98 Å². The van der Waals surface area contributed by atoms with Crippen LogP contribution >= 0.6 is 22.6 Å². The minimum absolute atomic E-state index is 0.239. The van der Waals surface area contributed by atoms with E-state index in [1.807, 2.05) is 6.07 Å². The summed E-state index contributed by atoms with van der Waals surface area (Å²) < 4.78 is 13.6. The van der Waals surface area contributed by atoms with Crippen molar-refractivity contribution in [2.75, 3.05) is 5.73 Å². The maximum atomic E-state index is 12.7. The Morgan fingerprint density at radius 3 is 2.40 bits per heavy atom. The summed E-state index contributed by atoms with van der Waals surface area (Å²) in [5, 5.41) is 0. The molecule has 0 saturated carbocycles. The monoisotopic (exact) mass is 314 g/mol. The molecule has 1 heterocycles. The molecule has 1 aromatic heterocycles. The normalized spacial score (nSPS) is 10.3. The minimum Gasteiger partial charge on any atom is -0.383 e. The fraction of sp³-hybridized carbons (Fsp3) is 0. The first-order chi connectivity index (χ1) is 7.16. The fourth-order valence-electron chi connectivity index (χ4n) is 1.25. The van der Waals surface area contributed by atoms with E-state index in [1.165, 1.54) is 12.1 Å². The van der Waals surface area contributed by atoms with Crippen LogP contribution in [0.3, 0.4) is 0 Å². The van der Waals surface area contributed by atoms with Crippen LogP contribution in [0, 0.1) is 9.39 Å². The van der Waals surface area contributed by atoms with Gasteiger partial charge in [-0.25, -0.2) is 9.37 Å². The van der Waals surface area contributed by atoms with Crippen molar-refractivity contribution in [2.45, 2.75) is 0 Å². The Morgan fingerprint density at radius 1 is 1.13 bits per heavy atom. The van der Waals surface area contributed by atoms with Gasteiger partial charge in [-0.2, -0.15) is 0 Å². The number of nitrogens with two attached hydrogens (primary N) is 1. The van der Waals surface area contributed by atoms with E-state index >= 15 is 0 Å². The van der Waals surface area contributed by atoms with E-state index in [9.17, 15) is 4.39 Å². The SMILES string of the molecule is Nc1ncc(-c2ccc(F)cc2)cc1I. The predicted molar refractivity (Wildman–Crippen MR) is 66.8 cm³/mol. The van der Waals surface area contributed by atoms with Crippen molar-refractivity contribution in [3.05, 3.63) is 45.9 Å². The molecule has 1 aromatic carbocycles.